The normalized spacial score (nSPS) is 8.83. The molecule has 2 nitrogen and oxygen atoms in total. The van der Waals surface area contributed by atoms with Gasteiger partial charge in [0.25, 0.3) is 0 Å². The summed E-state index contributed by atoms with van der Waals surface area (Å²) < 4.78 is 0. The van der Waals surface area contributed by atoms with E-state index in [1.54, 1.807) is 19.1 Å². The molecule has 0 unspecified atom stereocenters. The van der Waals surface area contributed by atoms with E-state index in [0.29, 0.717) is 5.56 Å². The Kier molecular flexibility index (Phi) is 4.39. The molecule has 0 aliphatic carbocycles. The fourth-order valence-electron chi connectivity index (χ4n) is 1.05. The van der Waals surface area contributed by atoms with Crippen molar-refractivity contribution in [1.82, 2.24) is 0 Å². The fourth-order valence-corrected chi connectivity index (χ4v) is 1.05. The van der Waals surface area contributed by atoms with Gasteiger partial charge < -0.3 is 5.11 Å². The van der Waals surface area contributed by atoms with Crippen molar-refractivity contribution in [2.75, 3.05) is 0 Å². The maximum Gasteiger partial charge on any atom is 0.335 e. The molecule has 1 rings (SSSR count). The zero-order chi connectivity index (χ0) is 8.43. The summed E-state index contributed by atoms with van der Waals surface area (Å²) in [6, 6.07) is 5.30. The average Bonchev–Trinajstić information content (AvgIpc) is 1.85. The third-order valence-electron chi connectivity index (χ3n) is 1.61. The first-order valence-corrected chi connectivity index (χ1v) is 3.42. The number of aromatic carboxylic acids is 1. The quantitative estimate of drug-likeness (QED) is 0.837. The summed E-state index contributed by atoms with van der Waals surface area (Å²) in [5.74, 6) is -0.859. The summed E-state index contributed by atoms with van der Waals surface area (Å²) in [4.78, 5) is 10.5. The van der Waals surface area contributed by atoms with E-state index in [1.165, 1.54) is 0 Å². The van der Waals surface area contributed by atoms with Crippen molar-refractivity contribution in [2.45, 2.75) is 13.8 Å². The van der Waals surface area contributed by atoms with E-state index in [-0.39, 0.29) is 25.8 Å². The van der Waals surface area contributed by atoms with Crippen LogP contribution in [0.15, 0.2) is 18.2 Å². The third-order valence-corrected chi connectivity index (χ3v) is 1.61. The Morgan fingerprint density at radius 1 is 1.33 bits per heavy atom. The van der Waals surface area contributed by atoms with E-state index >= 15 is 0 Å². The van der Waals surface area contributed by atoms with E-state index < -0.39 is 5.97 Å². The molecule has 0 aliphatic heterocycles. The molecule has 1 aromatic carbocycles. The second-order valence-electron chi connectivity index (χ2n) is 2.62. The molecule has 3 heteroatoms. The number of hydrogen-bond acceptors (Lipinski definition) is 1. The van der Waals surface area contributed by atoms with Crippen LogP contribution in [0.1, 0.15) is 21.5 Å². The predicted octanol–water partition coefficient (Wildman–Crippen LogP) is 1.62. The molecule has 0 spiro atoms. The van der Waals surface area contributed by atoms with Gasteiger partial charge in [-0.2, -0.15) is 0 Å². The largest absolute Gasteiger partial charge is 0.478 e. The van der Waals surface area contributed by atoms with Gasteiger partial charge in [0, 0.05) is 25.8 Å². The van der Waals surface area contributed by atoms with Crippen LogP contribution in [-0.4, -0.2) is 36.9 Å². The van der Waals surface area contributed by atoms with Gasteiger partial charge >= 0.3 is 5.97 Å². The van der Waals surface area contributed by atoms with E-state index in [2.05, 4.69) is 0 Å². The van der Waals surface area contributed by atoms with Gasteiger partial charge in [-0.3, -0.25) is 0 Å². The molecule has 1 aromatic rings. The Bertz CT molecular complexity index is 295. The second kappa shape index (κ2) is 4.55. The molecule has 3 radical (unpaired) electrons. The van der Waals surface area contributed by atoms with Gasteiger partial charge in [0.15, 0.2) is 0 Å². The van der Waals surface area contributed by atoms with Crippen LogP contribution in [0.2, 0.25) is 0 Å². The van der Waals surface area contributed by atoms with E-state index in [0.717, 1.165) is 11.1 Å². The minimum atomic E-state index is -0.859. The molecule has 12 heavy (non-hydrogen) atoms. The number of carbonyl (C=O) groups is 1. The van der Waals surface area contributed by atoms with Crippen molar-refractivity contribution < 1.29 is 9.90 Å². The minimum absolute atomic E-state index is 0. The van der Waals surface area contributed by atoms with Crippen LogP contribution in [0.4, 0.5) is 0 Å². The molecule has 61 valence electrons. The smallest absolute Gasteiger partial charge is 0.335 e. The van der Waals surface area contributed by atoms with Gasteiger partial charge in [0.1, 0.15) is 0 Å². The molecule has 0 atom stereocenters. The van der Waals surface area contributed by atoms with Crippen LogP contribution in [0, 0.1) is 13.8 Å². The first-order valence-electron chi connectivity index (χ1n) is 3.42. The summed E-state index contributed by atoms with van der Waals surface area (Å²) in [5.41, 5.74) is 2.29. The molecule has 0 aromatic heterocycles. The fraction of sp³-hybridized carbons (Fsp3) is 0.222. The Labute approximate surface area is 90.4 Å². The second-order valence-corrected chi connectivity index (χ2v) is 2.62. The van der Waals surface area contributed by atoms with Crippen LogP contribution < -0.4 is 0 Å². The molecule has 0 saturated heterocycles. The van der Waals surface area contributed by atoms with Crippen molar-refractivity contribution >= 4 is 31.8 Å². The number of carboxylic acid groups (broad SMARTS) is 1. The molecule has 0 heterocycles. The summed E-state index contributed by atoms with van der Waals surface area (Å²) in [5, 5.41) is 8.66. The van der Waals surface area contributed by atoms with Gasteiger partial charge in [-0.15, -0.1) is 0 Å². The number of rotatable bonds is 1. The topological polar surface area (TPSA) is 37.3 Å². The van der Waals surface area contributed by atoms with Gasteiger partial charge in [0.05, 0.1) is 5.56 Å². The Hall–Kier alpha value is -0.440. The number of benzene rings is 1. The first-order chi connectivity index (χ1) is 5.11. The first kappa shape index (κ1) is 11.6. The van der Waals surface area contributed by atoms with Crippen molar-refractivity contribution in [3.8, 4) is 0 Å². The molecule has 0 bridgehead atoms. The summed E-state index contributed by atoms with van der Waals surface area (Å²) in [7, 11) is 0. The monoisotopic (exact) mass is 265 g/mol. The molecule has 0 aliphatic rings. The number of carboxylic acids is 1. The van der Waals surface area contributed by atoms with Gasteiger partial charge in [-0.05, 0) is 25.5 Å². The van der Waals surface area contributed by atoms with Crippen LogP contribution in [0.3, 0.4) is 0 Å². The molecular weight excluding hydrogens is 255 g/mol. The van der Waals surface area contributed by atoms with Crippen LogP contribution in [-0.2, 0) is 0 Å². The third kappa shape index (κ3) is 2.55. The van der Waals surface area contributed by atoms with Crippen molar-refractivity contribution in [3.63, 3.8) is 0 Å². The van der Waals surface area contributed by atoms with Crippen LogP contribution in [0.25, 0.3) is 0 Å². The minimum Gasteiger partial charge on any atom is -0.478 e. The van der Waals surface area contributed by atoms with E-state index in [4.69, 9.17) is 5.11 Å². The van der Waals surface area contributed by atoms with Crippen LogP contribution >= 0.6 is 0 Å². The van der Waals surface area contributed by atoms with Crippen molar-refractivity contribution in [3.05, 3.63) is 34.9 Å². The van der Waals surface area contributed by atoms with Gasteiger partial charge in [0.2, 0.25) is 0 Å². The maximum absolute atomic E-state index is 10.5. The zero-order valence-corrected chi connectivity index (χ0v) is 10.5. The van der Waals surface area contributed by atoms with Crippen molar-refractivity contribution in [1.29, 1.82) is 0 Å². The molecule has 0 amide bonds. The summed E-state index contributed by atoms with van der Waals surface area (Å²) in [6.07, 6.45) is 0. The van der Waals surface area contributed by atoms with Crippen LogP contribution in [0.5, 0.6) is 0 Å². The number of hydrogen-bond donors (Lipinski definition) is 1. The van der Waals surface area contributed by atoms with Gasteiger partial charge in [-0.1, -0.05) is 17.7 Å². The summed E-state index contributed by atoms with van der Waals surface area (Å²) >= 11 is 0. The van der Waals surface area contributed by atoms with E-state index in [9.17, 15) is 4.79 Å². The summed E-state index contributed by atoms with van der Waals surface area (Å²) in [6.45, 7) is 3.75. The Morgan fingerprint density at radius 2 is 1.92 bits per heavy atom. The standard InChI is InChI=1S/C9H10O2.In/c1-6-3-4-8(9(10)11)7(2)5-6;/h3-5H,1-2H3,(H,10,11);. The van der Waals surface area contributed by atoms with E-state index in [1.807, 2.05) is 13.0 Å². The maximum atomic E-state index is 10.5. The molecule has 0 saturated carbocycles. The van der Waals surface area contributed by atoms with Crippen molar-refractivity contribution in [2.24, 2.45) is 0 Å². The molecule has 1 N–H and O–H groups in total. The average molecular weight is 265 g/mol. The molecule has 0 fully saturated rings. The number of aryl methyl sites for hydroxylation is 2. The predicted molar refractivity (Wildman–Crippen MR) is 48.6 cm³/mol. The SMILES string of the molecule is Cc1ccc(C(=O)O)c(C)c1.[In]. The Balaban J connectivity index is 0.00000121. The van der Waals surface area contributed by atoms with Gasteiger partial charge in [-0.25, -0.2) is 4.79 Å². The Morgan fingerprint density at radius 3 is 2.33 bits per heavy atom. The molecular formula is C9H10InO2. The zero-order valence-electron chi connectivity index (χ0n) is 7.16.